The first-order valence-corrected chi connectivity index (χ1v) is 10.4. The van der Waals surface area contributed by atoms with Crippen LogP contribution in [0.15, 0.2) is 53.5 Å². The van der Waals surface area contributed by atoms with Crippen molar-refractivity contribution < 1.29 is 14.4 Å². The summed E-state index contributed by atoms with van der Waals surface area (Å²) in [4.78, 5) is 52.5. The van der Waals surface area contributed by atoms with Gasteiger partial charge < -0.3 is 20.9 Å². The summed E-state index contributed by atoms with van der Waals surface area (Å²) in [6.07, 6.45) is 3.85. The molecule has 0 radical (unpaired) electrons. The molecule has 0 saturated carbocycles. The average Bonchev–Trinajstić information content (AvgIpc) is 3.44. The molecule has 2 aliphatic rings. The number of hydrogen-bond donors (Lipinski definition) is 2. The summed E-state index contributed by atoms with van der Waals surface area (Å²) < 4.78 is 1.48. The summed E-state index contributed by atoms with van der Waals surface area (Å²) in [5.41, 5.74) is 6.44. The lowest BCUT2D eigenvalue weighted by Crippen LogP contribution is -2.49. The van der Waals surface area contributed by atoms with Gasteiger partial charge in [0.15, 0.2) is 0 Å². The van der Waals surface area contributed by atoms with E-state index in [9.17, 15) is 19.2 Å². The molecule has 3 heterocycles. The maximum Gasteiger partial charge on any atom is 0.320 e. The first kappa shape index (κ1) is 20.6. The molecule has 31 heavy (non-hydrogen) atoms. The summed E-state index contributed by atoms with van der Waals surface area (Å²) >= 11 is 0. The largest absolute Gasteiger partial charge is 0.368 e. The SMILES string of the molecule is NC(=O)C1CC(NC(=O)c2ccc(-n3ccccc3=O)cc2)CN1C(=O)N1CCCC1. The van der Waals surface area contributed by atoms with Crippen molar-refractivity contribution in [1.29, 1.82) is 0 Å². The fourth-order valence-corrected chi connectivity index (χ4v) is 4.19. The van der Waals surface area contributed by atoms with E-state index in [2.05, 4.69) is 5.32 Å². The van der Waals surface area contributed by atoms with E-state index in [0.717, 1.165) is 12.8 Å². The molecule has 1 aromatic carbocycles. The zero-order valence-electron chi connectivity index (χ0n) is 17.1. The van der Waals surface area contributed by atoms with E-state index in [-0.39, 0.29) is 36.5 Å². The van der Waals surface area contributed by atoms with Gasteiger partial charge in [-0.2, -0.15) is 0 Å². The Bertz CT molecular complexity index is 1040. The zero-order chi connectivity index (χ0) is 22.0. The number of nitrogens with one attached hydrogen (secondary N) is 1. The number of likely N-dealkylation sites (tertiary alicyclic amines) is 2. The van der Waals surface area contributed by atoms with Gasteiger partial charge in [-0.3, -0.25) is 19.0 Å². The first-order valence-electron chi connectivity index (χ1n) is 10.4. The van der Waals surface area contributed by atoms with E-state index in [4.69, 9.17) is 5.73 Å². The lowest BCUT2D eigenvalue weighted by atomic mass is 10.1. The van der Waals surface area contributed by atoms with E-state index in [1.54, 1.807) is 47.5 Å². The van der Waals surface area contributed by atoms with Crippen LogP contribution < -0.4 is 16.6 Å². The van der Waals surface area contributed by atoms with Crippen molar-refractivity contribution in [2.24, 2.45) is 5.73 Å². The Kier molecular flexibility index (Phi) is 5.75. The van der Waals surface area contributed by atoms with Crippen molar-refractivity contribution in [2.45, 2.75) is 31.3 Å². The number of carbonyl (C=O) groups excluding carboxylic acids is 3. The van der Waals surface area contributed by atoms with E-state index < -0.39 is 11.9 Å². The van der Waals surface area contributed by atoms with Crippen molar-refractivity contribution in [1.82, 2.24) is 19.7 Å². The third-order valence-corrected chi connectivity index (χ3v) is 5.82. The number of primary amides is 1. The lowest BCUT2D eigenvalue weighted by molar-refractivity contribution is -0.121. The van der Waals surface area contributed by atoms with Crippen LogP contribution in [0.25, 0.3) is 5.69 Å². The molecule has 2 unspecified atom stereocenters. The van der Waals surface area contributed by atoms with Gasteiger partial charge in [-0.15, -0.1) is 0 Å². The minimum absolute atomic E-state index is 0.161. The molecular formula is C22H25N5O4. The van der Waals surface area contributed by atoms with Gasteiger partial charge in [0.1, 0.15) is 6.04 Å². The number of aromatic nitrogens is 1. The van der Waals surface area contributed by atoms with Gasteiger partial charge >= 0.3 is 6.03 Å². The summed E-state index contributed by atoms with van der Waals surface area (Å²) in [6.45, 7) is 1.59. The van der Waals surface area contributed by atoms with Gasteiger partial charge in [-0.1, -0.05) is 6.07 Å². The van der Waals surface area contributed by atoms with E-state index in [1.165, 1.54) is 15.5 Å². The first-order chi connectivity index (χ1) is 14.9. The summed E-state index contributed by atoms with van der Waals surface area (Å²) in [6, 6.07) is 10.3. The van der Waals surface area contributed by atoms with Crippen molar-refractivity contribution in [2.75, 3.05) is 19.6 Å². The molecule has 1 aromatic heterocycles. The maximum atomic E-state index is 12.8. The van der Waals surface area contributed by atoms with Gasteiger partial charge in [-0.05, 0) is 49.6 Å². The van der Waals surface area contributed by atoms with Gasteiger partial charge in [0, 0.05) is 49.2 Å². The third-order valence-electron chi connectivity index (χ3n) is 5.82. The molecule has 0 aliphatic carbocycles. The van der Waals surface area contributed by atoms with E-state index >= 15 is 0 Å². The monoisotopic (exact) mass is 423 g/mol. The van der Waals surface area contributed by atoms with E-state index in [1.807, 2.05) is 0 Å². The Morgan fingerprint density at radius 2 is 1.71 bits per heavy atom. The van der Waals surface area contributed by atoms with Crippen LogP contribution in [0.5, 0.6) is 0 Å². The second-order valence-corrected chi connectivity index (χ2v) is 7.91. The normalized spacial score (nSPS) is 20.6. The van der Waals surface area contributed by atoms with Crippen LogP contribution in [0.1, 0.15) is 29.6 Å². The summed E-state index contributed by atoms with van der Waals surface area (Å²) in [7, 11) is 0. The fourth-order valence-electron chi connectivity index (χ4n) is 4.19. The smallest absolute Gasteiger partial charge is 0.320 e. The quantitative estimate of drug-likeness (QED) is 0.753. The number of urea groups is 1. The highest BCUT2D eigenvalue weighted by atomic mass is 16.2. The van der Waals surface area contributed by atoms with Crippen molar-refractivity contribution in [3.05, 3.63) is 64.6 Å². The Morgan fingerprint density at radius 1 is 1.00 bits per heavy atom. The molecule has 162 valence electrons. The topological polar surface area (TPSA) is 118 Å². The number of nitrogens with two attached hydrogens (primary N) is 1. The standard InChI is InChI=1S/C22H25N5O4/c23-20(29)18-13-16(14-27(18)22(31)25-10-3-4-11-25)24-21(30)15-6-8-17(9-7-15)26-12-2-1-5-19(26)28/h1-2,5-9,12,16,18H,3-4,10-11,13-14H2,(H2,23,29)(H,24,30). The van der Waals surface area contributed by atoms with Crippen LogP contribution in [0.3, 0.4) is 0 Å². The maximum absolute atomic E-state index is 12.8. The van der Waals surface area contributed by atoms with Crippen LogP contribution in [0.4, 0.5) is 4.79 Å². The van der Waals surface area contributed by atoms with Crippen molar-refractivity contribution >= 4 is 17.8 Å². The molecule has 2 atom stereocenters. The Morgan fingerprint density at radius 3 is 2.35 bits per heavy atom. The molecule has 4 amide bonds. The van der Waals surface area contributed by atoms with Crippen LogP contribution in [-0.2, 0) is 4.79 Å². The Hall–Kier alpha value is -3.62. The molecular weight excluding hydrogens is 398 g/mol. The number of carbonyl (C=O) groups is 3. The number of nitrogens with zero attached hydrogens (tertiary/aromatic N) is 3. The molecule has 2 aromatic rings. The minimum atomic E-state index is -0.731. The predicted molar refractivity (Wildman–Crippen MR) is 114 cm³/mol. The second kappa shape index (κ2) is 8.63. The predicted octanol–water partition coefficient (Wildman–Crippen LogP) is 0.711. The molecule has 9 nitrogen and oxygen atoms in total. The second-order valence-electron chi connectivity index (χ2n) is 7.91. The number of pyridine rings is 1. The molecule has 3 N–H and O–H groups in total. The Labute approximate surface area is 179 Å². The minimum Gasteiger partial charge on any atom is -0.368 e. The van der Waals surface area contributed by atoms with Crippen molar-refractivity contribution in [3.8, 4) is 5.69 Å². The number of amides is 4. The van der Waals surface area contributed by atoms with E-state index in [0.29, 0.717) is 24.3 Å². The van der Waals surface area contributed by atoms with Crippen LogP contribution in [-0.4, -0.2) is 63.9 Å². The van der Waals surface area contributed by atoms with Gasteiger partial charge in [0.25, 0.3) is 11.5 Å². The highest BCUT2D eigenvalue weighted by molar-refractivity contribution is 5.95. The van der Waals surface area contributed by atoms with Crippen molar-refractivity contribution in [3.63, 3.8) is 0 Å². The highest BCUT2D eigenvalue weighted by Gasteiger charge is 2.41. The fraction of sp³-hybridized carbons (Fsp3) is 0.364. The van der Waals surface area contributed by atoms with Crippen LogP contribution in [0, 0.1) is 0 Å². The van der Waals surface area contributed by atoms with Gasteiger partial charge in [-0.25, -0.2) is 4.79 Å². The highest BCUT2D eigenvalue weighted by Crippen LogP contribution is 2.22. The third kappa shape index (κ3) is 4.30. The van der Waals surface area contributed by atoms with Crippen LogP contribution in [0.2, 0.25) is 0 Å². The number of hydrogen-bond acceptors (Lipinski definition) is 4. The Balaban J connectivity index is 1.43. The summed E-state index contributed by atoms with van der Waals surface area (Å²) in [5.74, 6) is -0.877. The molecule has 2 aliphatic heterocycles. The van der Waals surface area contributed by atoms with Crippen LogP contribution >= 0.6 is 0 Å². The van der Waals surface area contributed by atoms with Gasteiger partial charge in [0.2, 0.25) is 5.91 Å². The number of benzene rings is 1. The molecule has 4 rings (SSSR count). The van der Waals surface area contributed by atoms with Gasteiger partial charge in [0.05, 0.1) is 0 Å². The molecule has 0 bridgehead atoms. The lowest BCUT2D eigenvalue weighted by Gasteiger charge is -2.27. The number of rotatable bonds is 4. The molecule has 9 heteroatoms. The zero-order valence-corrected chi connectivity index (χ0v) is 17.1. The molecule has 0 spiro atoms. The average molecular weight is 423 g/mol. The molecule has 2 saturated heterocycles. The molecule has 2 fully saturated rings. The summed E-state index contributed by atoms with van der Waals surface area (Å²) in [5, 5.41) is 2.90.